The lowest BCUT2D eigenvalue weighted by Crippen LogP contribution is -2.28. The zero-order valence-corrected chi connectivity index (χ0v) is 14.6. The lowest BCUT2D eigenvalue weighted by Gasteiger charge is -2.29. The number of nitrogens with one attached hydrogen (secondary N) is 1. The number of hydrogen-bond acceptors (Lipinski definition) is 2. The summed E-state index contributed by atoms with van der Waals surface area (Å²) in [4.78, 5) is 2.51. The summed E-state index contributed by atoms with van der Waals surface area (Å²) in [5.74, 6) is 0. The van der Waals surface area contributed by atoms with Crippen molar-refractivity contribution in [3.05, 3.63) is 28.8 Å². The molecule has 1 aromatic rings. The fourth-order valence-corrected chi connectivity index (χ4v) is 3.64. The van der Waals surface area contributed by atoms with E-state index in [4.69, 9.17) is 11.6 Å². The Balaban J connectivity index is 2.23. The van der Waals surface area contributed by atoms with Crippen molar-refractivity contribution >= 4 is 17.3 Å². The molecule has 1 heterocycles. The van der Waals surface area contributed by atoms with Crippen molar-refractivity contribution in [3.8, 4) is 0 Å². The number of nitrogens with zero attached hydrogens (tertiary/aromatic N) is 1. The van der Waals surface area contributed by atoms with Crippen molar-refractivity contribution in [1.82, 2.24) is 5.32 Å². The first-order valence-corrected chi connectivity index (χ1v) is 8.65. The predicted octanol–water partition coefficient (Wildman–Crippen LogP) is 4.85. The van der Waals surface area contributed by atoms with Gasteiger partial charge in [0.1, 0.15) is 0 Å². The number of rotatable bonds is 6. The SMILES string of the molecule is CCC1(CC)CCN(c2c(Cl)cccc2CNC(C)C)C1. The smallest absolute Gasteiger partial charge is 0.0642 e. The molecule has 1 aliphatic heterocycles. The van der Waals surface area contributed by atoms with E-state index in [2.05, 4.69) is 50.0 Å². The lowest BCUT2D eigenvalue weighted by molar-refractivity contribution is 0.301. The van der Waals surface area contributed by atoms with Crippen LogP contribution in [0.5, 0.6) is 0 Å². The van der Waals surface area contributed by atoms with Gasteiger partial charge in [-0.05, 0) is 36.3 Å². The highest BCUT2D eigenvalue weighted by molar-refractivity contribution is 6.33. The van der Waals surface area contributed by atoms with Crippen molar-refractivity contribution in [2.45, 2.75) is 59.5 Å². The Morgan fingerprint density at radius 1 is 1.29 bits per heavy atom. The van der Waals surface area contributed by atoms with Gasteiger partial charge in [0.2, 0.25) is 0 Å². The predicted molar refractivity (Wildman–Crippen MR) is 93.3 cm³/mol. The molecule has 1 aromatic carbocycles. The summed E-state index contributed by atoms with van der Waals surface area (Å²) in [6.45, 7) is 12.1. The molecule has 118 valence electrons. The normalized spacial score (nSPS) is 17.7. The molecule has 0 aromatic heterocycles. The van der Waals surface area contributed by atoms with Crippen LogP contribution >= 0.6 is 11.6 Å². The maximum atomic E-state index is 6.53. The van der Waals surface area contributed by atoms with E-state index in [9.17, 15) is 0 Å². The molecule has 2 rings (SSSR count). The van der Waals surface area contributed by atoms with Gasteiger partial charge in [-0.25, -0.2) is 0 Å². The van der Waals surface area contributed by atoms with Gasteiger partial charge in [0.15, 0.2) is 0 Å². The summed E-state index contributed by atoms with van der Waals surface area (Å²) in [5, 5.41) is 4.41. The highest BCUT2D eigenvalue weighted by atomic mass is 35.5. The van der Waals surface area contributed by atoms with Gasteiger partial charge >= 0.3 is 0 Å². The molecule has 21 heavy (non-hydrogen) atoms. The fraction of sp³-hybridized carbons (Fsp3) is 0.667. The topological polar surface area (TPSA) is 15.3 Å². The monoisotopic (exact) mass is 308 g/mol. The van der Waals surface area contributed by atoms with Crippen molar-refractivity contribution in [2.75, 3.05) is 18.0 Å². The Hall–Kier alpha value is -0.730. The van der Waals surface area contributed by atoms with Gasteiger partial charge in [0, 0.05) is 25.7 Å². The number of para-hydroxylation sites is 1. The van der Waals surface area contributed by atoms with E-state index < -0.39 is 0 Å². The highest BCUT2D eigenvalue weighted by Gasteiger charge is 2.36. The third-order valence-electron chi connectivity index (χ3n) is 5.03. The summed E-state index contributed by atoms with van der Waals surface area (Å²) < 4.78 is 0. The minimum absolute atomic E-state index is 0.474. The van der Waals surface area contributed by atoms with Crippen LogP contribution in [0.3, 0.4) is 0 Å². The van der Waals surface area contributed by atoms with E-state index >= 15 is 0 Å². The van der Waals surface area contributed by atoms with E-state index in [1.165, 1.54) is 30.5 Å². The molecule has 2 nitrogen and oxygen atoms in total. The molecule has 0 radical (unpaired) electrons. The first kappa shape index (κ1) is 16.6. The fourth-order valence-electron chi connectivity index (χ4n) is 3.32. The Morgan fingerprint density at radius 3 is 2.57 bits per heavy atom. The number of halogens is 1. The van der Waals surface area contributed by atoms with E-state index in [0.29, 0.717) is 11.5 Å². The molecule has 1 aliphatic rings. The second kappa shape index (κ2) is 7.02. The quantitative estimate of drug-likeness (QED) is 0.807. The van der Waals surface area contributed by atoms with Crippen LogP contribution in [0.15, 0.2) is 18.2 Å². The summed E-state index contributed by atoms with van der Waals surface area (Å²) in [6, 6.07) is 6.77. The van der Waals surface area contributed by atoms with Gasteiger partial charge < -0.3 is 10.2 Å². The van der Waals surface area contributed by atoms with E-state index in [1.54, 1.807) is 0 Å². The molecule has 0 unspecified atom stereocenters. The van der Waals surface area contributed by atoms with Gasteiger partial charge in [-0.15, -0.1) is 0 Å². The molecular weight excluding hydrogens is 280 g/mol. The van der Waals surface area contributed by atoms with Crippen LogP contribution in [0.1, 0.15) is 52.5 Å². The van der Waals surface area contributed by atoms with Crippen molar-refractivity contribution in [1.29, 1.82) is 0 Å². The van der Waals surface area contributed by atoms with Crippen LogP contribution in [0.4, 0.5) is 5.69 Å². The Kier molecular flexibility index (Phi) is 5.56. The minimum Gasteiger partial charge on any atom is -0.369 e. The molecule has 0 atom stereocenters. The molecule has 3 heteroatoms. The van der Waals surface area contributed by atoms with Gasteiger partial charge in [0.25, 0.3) is 0 Å². The van der Waals surface area contributed by atoms with Gasteiger partial charge in [-0.1, -0.05) is 51.4 Å². The second-order valence-electron chi connectivity index (χ2n) is 6.66. The van der Waals surface area contributed by atoms with E-state index in [1.807, 2.05) is 6.07 Å². The molecule has 0 bridgehead atoms. The maximum absolute atomic E-state index is 6.53. The number of anilines is 1. The molecule has 0 aliphatic carbocycles. The first-order valence-electron chi connectivity index (χ1n) is 8.27. The van der Waals surface area contributed by atoms with Crippen LogP contribution in [-0.4, -0.2) is 19.1 Å². The standard InChI is InChI=1S/C18H29ClN2/c1-5-18(6-2)10-11-21(13-18)17-15(12-20-14(3)4)8-7-9-16(17)19/h7-9,14,20H,5-6,10-13H2,1-4H3. The molecule has 0 saturated carbocycles. The lowest BCUT2D eigenvalue weighted by atomic mass is 9.82. The third-order valence-corrected chi connectivity index (χ3v) is 5.33. The molecule has 0 spiro atoms. The number of hydrogen-bond donors (Lipinski definition) is 1. The zero-order chi connectivity index (χ0) is 15.5. The molecule has 0 amide bonds. The molecule has 1 saturated heterocycles. The maximum Gasteiger partial charge on any atom is 0.0642 e. The summed E-state index contributed by atoms with van der Waals surface area (Å²) in [7, 11) is 0. The minimum atomic E-state index is 0.474. The van der Waals surface area contributed by atoms with Crippen LogP contribution in [-0.2, 0) is 6.54 Å². The Morgan fingerprint density at radius 2 is 2.00 bits per heavy atom. The average Bonchev–Trinajstić information content (AvgIpc) is 2.90. The summed E-state index contributed by atoms with van der Waals surface area (Å²) in [6.07, 6.45) is 3.79. The van der Waals surface area contributed by atoms with Crippen molar-refractivity contribution < 1.29 is 0 Å². The molecule has 1 N–H and O–H groups in total. The van der Waals surface area contributed by atoms with Crippen LogP contribution < -0.4 is 10.2 Å². The Bertz CT molecular complexity index is 466. The third kappa shape index (κ3) is 3.73. The second-order valence-corrected chi connectivity index (χ2v) is 7.07. The molecular formula is C18H29ClN2. The van der Waals surface area contributed by atoms with Crippen LogP contribution in [0, 0.1) is 5.41 Å². The zero-order valence-electron chi connectivity index (χ0n) is 13.9. The van der Waals surface area contributed by atoms with Crippen molar-refractivity contribution in [2.24, 2.45) is 5.41 Å². The van der Waals surface area contributed by atoms with E-state index in [0.717, 1.165) is 24.7 Å². The van der Waals surface area contributed by atoms with Crippen LogP contribution in [0.2, 0.25) is 5.02 Å². The highest BCUT2D eigenvalue weighted by Crippen LogP contribution is 2.42. The first-order chi connectivity index (χ1) is 10.0. The summed E-state index contributed by atoms with van der Waals surface area (Å²) >= 11 is 6.53. The van der Waals surface area contributed by atoms with Gasteiger partial charge in [-0.2, -0.15) is 0 Å². The van der Waals surface area contributed by atoms with Crippen molar-refractivity contribution in [3.63, 3.8) is 0 Å². The van der Waals surface area contributed by atoms with E-state index in [-0.39, 0.29) is 0 Å². The number of benzene rings is 1. The van der Waals surface area contributed by atoms with Crippen LogP contribution in [0.25, 0.3) is 0 Å². The largest absolute Gasteiger partial charge is 0.369 e. The summed E-state index contributed by atoms with van der Waals surface area (Å²) in [5.41, 5.74) is 3.04. The van der Waals surface area contributed by atoms with Gasteiger partial charge in [0.05, 0.1) is 10.7 Å². The molecule has 1 fully saturated rings. The average molecular weight is 309 g/mol. The van der Waals surface area contributed by atoms with Gasteiger partial charge in [-0.3, -0.25) is 0 Å². The Labute approximate surface area is 134 Å².